The Morgan fingerprint density at radius 1 is 1.00 bits per heavy atom. The minimum atomic E-state index is -0.320. The van der Waals surface area contributed by atoms with Crippen molar-refractivity contribution in [1.82, 2.24) is 30.0 Å². The van der Waals surface area contributed by atoms with Crippen molar-refractivity contribution < 1.29 is 9.21 Å². The maximum Gasteiger partial charge on any atom is 0.255 e. The second-order valence-electron chi connectivity index (χ2n) is 8.88. The second kappa shape index (κ2) is 9.22. The SMILES string of the molecule is Cc1ccc(-c2ccnc(-n3ncc(C(=O)N[C@@H](c4ccccc4)c4ccncc4)c3C3CC3)n2)o1. The van der Waals surface area contributed by atoms with Crippen LogP contribution in [0, 0.1) is 6.92 Å². The number of aryl methyl sites for hydroxylation is 1. The van der Waals surface area contributed by atoms with Gasteiger partial charge in [0, 0.05) is 24.5 Å². The van der Waals surface area contributed by atoms with E-state index in [1.54, 1.807) is 35.5 Å². The van der Waals surface area contributed by atoms with Gasteiger partial charge in [0.05, 0.1) is 23.5 Å². The number of hydrogen-bond donors (Lipinski definition) is 1. The van der Waals surface area contributed by atoms with Crippen molar-refractivity contribution in [2.75, 3.05) is 0 Å². The molecular formula is C28H24N6O2. The molecule has 5 aromatic rings. The average Bonchev–Trinajstić information content (AvgIpc) is 3.51. The molecule has 0 unspecified atom stereocenters. The smallest absolute Gasteiger partial charge is 0.255 e. The van der Waals surface area contributed by atoms with E-state index >= 15 is 0 Å². The van der Waals surface area contributed by atoms with Crippen LogP contribution in [0.25, 0.3) is 17.4 Å². The lowest BCUT2D eigenvalue weighted by Crippen LogP contribution is -2.30. The third-order valence-electron chi connectivity index (χ3n) is 6.29. The van der Waals surface area contributed by atoms with Crippen LogP contribution < -0.4 is 5.32 Å². The summed E-state index contributed by atoms with van der Waals surface area (Å²) in [6.07, 6.45) is 8.75. The van der Waals surface area contributed by atoms with Gasteiger partial charge in [0.25, 0.3) is 11.9 Å². The van der Waals surface area contributed by atoms with E-state index in [0.717, 1.165) is 35.4 Å². The maximum absolute atomic E-state index is 13.7. The summed E-state index contributed by atoms with van der Waals surface area (Å²) in [5, 5.41) is 7.77. The number of carbonyl (C=O) groups is 1. The van der Waals surface area contributed by atoms with Crippen LogP contribution in [-0.4, -0.2) is 30.6 Å². The summed E-state index contributed by atoms with van der Waals surface area (Å²) < 4.78 is 7.42. The highest BCUT2D eigenvalue weighted by molar-refractivity contribution is 5.96. The van der Waals surface area contributed by atoms with Gasteiger partial charge in [0.2, 0.25) is 0 Å². The molecule has 1 aliphatic rings. The number of carbonyl (C=O) groups excluding carboxylic acids is 1. The van der Waals surface area contributed by atoms with E-state index in [9.17, 15) is 4.79 Å². The van der Waals surface area contributed by atoms with Crippen molar-refractivity contribution in [2.24, 2.45) is 0 Å². The van der Waals surface area contributed by atoms with Gasteiger partial charge in [0.1, 0.15) is 11.5 Å². The number of pyridine rings is 1. The lowest BCUT2D eigenvalue weighted by atomic mass is 9.99. The topological polar surface area (TPSA) is 98.7 Å². The summed E-state index contributed by atoms with van der Waals surface area (Å²) >= 11 is 0. The van der Waals surface area contributed by atoms with Gasteiger partial charge < -0.3 is 9.73 Å². The maximum atomic E-state index is 13.7. The molecule has 4 heterocycles. The number of nitrogens with zero attached hydrogens (tertiary/aromatic N) is 5. The standard InChI is InChI=1S/C28H24N6O2/c1-18-7-10-24(36-18)23-13-16-30-28(32-23)34-26(21-8-9-21)22(17-31-34)27(35)33-25(19-5-3-2-4-6-19)20-11-14-29-15-12-20/h2-7,10-17,21,25H,8-9H2,1H3,(H,33,35)/t25-/m0/s1. The summed E-state index contributed by atoms with van der Waals surface area (Å²) in [5.41, 5.74) is 3.98. The molecule has 8 heteroatoms. The van der Waals surface area contributed by atoms with Gasteiger partial charge in [-0.05, 0) is 61.2 Å². The zero-order chi connectivity index (χ0) is 24.5. The van der Waals surface area contributed by atoms with Crippen molar-refractivity contribution in [3.63, 3.8) is 0 Å². The fourth-order valence-electron chi connectivity index (χ4n) is 4.37. The monoisotopic (exact) mass is 476 g/mol. The highest BCUT2D eigenvalue weighted by Gasteiger charge is 2.34. The lowest BCUT2D eigenvalue weighted by molar-refractivity contribution is 0.0942. The molecule has 0 aliphatic heterocycles. The molecular weight excluding hydrogens is 452 g/mol. The molecule has 1 N–H and O–H groups in total. The van der Waals surface area contributed by atoms with Crippen molar-refractivity contribution >= 4 is 5.91 Å². The van der Waals surface area contributed by atoms with E-state index in [1.807, 2.05) is 61.5 Å². The van der Waals surface area contributed by atoms with Crippen LogP contribution in [0.15, 0.2) is 89.9 Å². The quantitative estimate of drug-likeness (QED) is 0.354. The van der Waals surface area contributed by atoms with Gasteiger partial charge in [-0.2, -0.15) is 5.10 Å². The van der Waals surface area contributed by atoms with E-state index in [0.29, 0.717) is 23.0 Å². The van der Waals surface area contributed by atoms with Crippen molar-refractivity contribution in [2.45, 2.75) is 31.7 Å². The Labute approximate surface area is 208 Å². The highest BCUT2D eigenvalue weighted by atomic mass is 16.3. The van der Waals surface area contributed by atoms with Gasteiger partial charge in [-0.15, -0.1) is 0 Å². The summed E-state index contributed by atoms with van der Waals surface area (Å²) in [7, 11) is 0. The van der Waals surface area contributed by atoms with Crippen LogP contribution in [0.4, 0.5) is 0 Å². The summed E-state index contributed by atoms with van der Waals surface area (Å²) in [6.45, 7) is 1.89. The normalized spacial score (nSPS) is 13.9. The first-order valence-corrected chi connectivity index (χ1v) is 11.9. The number of nitrogens with one attached hydrogen (secondary N) is 1. The number of aromatic nitrogens is 5. The molecule has 8 nitrogen and oxygen atoms in total. The van der Waals surface area contributed by atoms with Crippen LogP contribution in [0.1, 0.15) is 57.7 Å². The Morgan fingerprint density at radius 3 is 2.50 bits per heavy atom. The van der Waals surface area contributed by atoms with Gasteiger partial charge in [-0.25, -0.2) is 14.6 Å². The molecule has 36 heavy (non-hydrogen) atoms. The van der Waals surface area contributed by atoms with Gasteiger partial charge in [-0.1, -0.05) is 30.3 Å². The van der Waals surface area contributed by atoms with E-state index in [2.05, 4.69) is 25.4 Å². The van der Waals surface area contributed by atoms with Crippen molar-refractivity contribution in [3.05, 3.63) is 114 Å². The van der Waals surface area contributed by atoms with Crippen LogP contribution >= 0.6 is 0 Å². The predicted octanol–water partition coefficient (Wildman–Crippen LogP) is 5.02. The first-order chi connectivity index (χ1) is 17.7. The fraction of sp³-hybridized carbons (Fsp3) is 0.179. The number of amides is 1. The number of hydrogen-bond acceptors (Lipinski definition) is 6. The minimum Gasteiger partial charge on any atom is -0.460 e. The molecule has 1 aromatic carbocycles. The van der Waals surface area contributed by atoms with Gasteiger partial charge in [-0.3, -0.25) is 9.78 Å². The summed E-state index contributed by atoms with van der Waals surface area (Å²) in [6, 6.07) is 19.0. The van der Waals surface area contributed by atoms with Gasteiger partial charge in [0.15, 0.2) is 5.76 Å². The van der Waals surface area contributed by atoms with E-state index in [1.165, 1.54) is 0 Å². The highest BCUT2D eigenvalue weighted by Crippen LogP contribution is 2.42. The summed E-state index contributed by atoms with van der Waals surface area (Å²) in [4.78, 5) is 26.9. The molecule has 4 aromatic heterocycles. The van der Waals surface area contributed by atoms with E-state index in [-0.39, 0.29) is 17.9 Å². The fourth-order valence-corrected chi connectivity index (χ4v) is 4.37. The number of rotatable bonds is 7. The second-order valence-corrected chi connectivity index (χ2v) is 8.88. The number of furan rings is 1. The predicted molar refractivity (Wildman–Crippen MR) is 134 cm³/mol. The Bertz CT molecular complexity index is 1470. The van der Waals surface area contributed by atoms with Crippen LogP contribution in [-0.2, 0) is 0 Å². The molecule has 1 fully saturated rings. The molecule has 6 rings (SSSR count). The Morgan fingerprint density at radius 2 is 1.78 bits per heavy atom. The molecule has 178 valence electrons. The van der Waals surface area contributed by atoms with Crippen molar-refractivity contribution in [3.8, 4) is 17.4 Å². The van der Waals surface area contributed by atoms with Crippen LogP contribution in [0.5, 0.6) is 0 Å². The molecule has 0 saturated heterocycles. The first-order valence-electron chi connectivity index (χ1n) is 11.9. The zero-order valence-corrected chi connectivity index (χ0v) is 19.7. The molecule has 1 atom stereocenters. The Kier molecular flexibility index (Phi) is 5.61. The molecule has 0 bridgehead atoms. The molecule has 1 saturated carbocycles. The van der Waals surface area contributed by atoms with Crippen LogP contribution in [0.2, 0.25) is 0 Å². The molecule has 0 spiro atoms. The third-order valence-corrected chi connectivity index (χ3v) is 6.29. The Hall–Kier alpha value is -4.59. The number of benzene rings is 1. The summed E-state index contributed by atoms with van der Waals surface area (Å²) in [5.74, 6) is 1.94. The zero-order valence-electron chi connectivity index (χ0n) is 19.7. The van der Waals surface area contributed by atoms with Crippen LogP contribution in [0.3, 0.4) is 0 Å². The first kappa shape index (κ1) is 21.9. The largest absolute Gasteiger partial charge is 0.460 e. The average molecular weight is 477 g/mol. The minimum absolute atomic E-state index is 0.188. The molecule has 0 radical (unpaired) electrons. The van der Waals surface area contributed by atoms with E-state index in [4.69, 9.17) is 4.42 Å². The Balaban J connectivity index is 1.35. The van der Waals surface area contributed by atoms with Crippen molar-refractivity contribution in [1.29, 1.82) is 0 Å². The lowest BCUT2D eigenvalue weighted by Gasteiger charge is -2.20. The third kappa shape index (κ3) is 4.29. The molecule has 1 aliphatic carbocycles. The van der Waals surface area contributed by atoms with E-state index < -0.39 is 0 Å². The molecule has 1 amide bonds. The van der Waals surface area contributed by atoms with Gasteiger partial charge >= 0.3 is 0 Å².